The van der Waals surface area contributed by atoms with Gasteiger partial charge in [-0.3, -0.25) is 4.98 Å². The third kappa shape index (κ3) is 3.37. The summed E-state index contributed by atoms with van der Waals surface area (Å²) < 4.78 is 11.5. The molecular weight excluding hydrogens is 470 g/mol. The average Bonchev–Trinajstić information content (AvgIpc) is 3.50. The van der Waals surface area contributed by atoms with Crippen LogP contribution in [0.1, 0.15) is 78.1 Å². The van der Waals surface area contributed by atoms with Gasteiger partial charge in [0.2, 0.25) is 5.60 Å². The van der Waals surface area contributed by atoms with Crippen molar-refractivity contribution in [2.45, 2.75) is 72.1 Å². The standard InChI is InChI=1S/C33H35N3O2/c1-5-7-20-35-22(3)29(24-14-9-11-17-27(24)35)33(31-26(32(37)38-33)16-13-19-34-31)30-23(4)36(21-8-6-2)28-18-12-10-15-25(28)30/h9-19H,5-8,20-21H2,1-4H3. The number of hydrogen-bond donors (Lipinski definition) is 0. The van der Waals surface area contributed by atoms with Crippen LogP contribution in [0.4, 0.5) is 0 Å². The highest BCUT2D eigenvalue weighted by Crippen LogP contribution is 2.53. The zero-order valence-electron chi connectivity index (χ0n) is 22.8. The van der Waals surface area contributed by atoms with Gasteiger partial charge in [0.25, 0.3) is 0 Å². The summed E-state index contributed by atoms with van der Waals surface area (Å²) in [5.41, 5.74) is 6.71. The molecule has 5 aromatic rings. The molecule has 0 aliphatic carbocycles. The summed E-state index contributed by atoms with van der Waals surface area (Å²) >= 11 is 0. The first kappa shape index (κ1) is 24.5. The summed E-state index contributed by atoms with van der Waals surface area (Å²) in [4.78, 5) is 18.5. The van der Waals surface area contributed by atoms with Crippen LogP contribution in [0.5, 0.6) is 0 Å². The van der Waals surface area contributed by atoms with Gasteiger partial charge in [-0.2, -0.15) is 0 Å². The molecule has 0 spiro atoms. The Kier molecular flexibility index (Phi) is 6.10. The number of carbonyl (C=O) groups is 1. The molecule has 2 aromatic carbocycles. The Bertz CT molecular complexity index is 1580. The second kappa shape index (κ2) is 9.46. The van der Waals surface area contributed by atoms with E-state index in [0.29, 0.717) is 11.3 Å². The maximum atomic E-state index is 13.6. The lowest BCUT2D eigenvalue weighted by molar-refractivity contribution is 0.0247. The second-order valence-electron chi connectivity index (χ2n) is 10.4. The lowest BCUT2D eigenvalue weighted by atomic mass is 9.80. The Labute approximate surface area is 224 Å². The Balaban J connectivity index is 1.78. The molecule has 6 rings (SSSR count). The fourth-order valence-corrected chi connectivity index (χ4v) is 6.52. The minimum atomic E-state index is -1.14. The number of benzene rings is 2. The molecule has 5 heteroatoms. The molecule has 38 heavy (non-hydrogen) atoms. The van der Waals surface area contributed by atoms with Gasteiger partial charge in [-0.25, -0.2) is 4.79 Å². The minimum absolute atomic E-state index is 0.317. The highest BCUT2D eigenvalue weighted by molar-refractivity contribution is 6.00. The first-order valence-corrected chi connectivity index (χ1v) is 13.9. The van der Waals surface area contributed by atoms with E-state index in [1.165, 1.54) is 11.0 Å². The van der Waals surface area contributed by atoms with Crippen LogP contribution in [0.25, 0.3) is 21.8 Å². The smallest absolute Gasteiger partial charge is 0.341 e. The van der Waals surface area contributed by atoms with Crippen LogP contribution in [0.2, 0.25) is 0 Å². The molecule has 4 heterocycles. The number of carbonyl (C=O) groups excluding carboxylic acids is 1. The summed E-state index contributed by atoms with van der Waals surface area (Å²) in [6, 6.07) is 20.7. The Morgan fingerprint density at radius 3 is 1.82 bits per heavy atom. The molecule has 0 unspecified atom stereocenters. The normalized spacial score (nSPS) is 14.4. The molecule has 0 N–H and O–H groups in total. The van der Waals surface area contributed by atoms with Crippen molar-refractivity contribution in [2.24, 2.45) is 0 Å². The summed E-state index contributed by atoms with van der Waals surface area (Å²) in [5.74, 6) is -0.317. The first-order valence-electron chi connectivity index (χ1n) is 13.9. The Hall–Kier alpha value is -3.86. The molecule has 3 aromatic heterocycles. The number of rotatable bonds is 8. The highest BCUT2D eigenvalue weighted by atomic mass is 16.6. The molecule has 0 saturated carbocycles. The van der Waals surface area contributed by atoms with Crippen LogP contribution in [-0.2, 0) is 23.4 Å². The third-order valence-corrected chi connectivity index (χ3v) is 8.24. The average molecular weight is 506 g/mol. The number of esters is 1. The number of nitrogens with zero attached hydrogens (tertiary/aromatic N) is 3. The molecular formula is C33H35N3O2. The van der Waals surface area contributed by atoms with E-state index in [-0.39, 0.29) is 5.97 Å². The van der Waals surface area contributed by atoms with Crippen molar-refractivity contribution < 1.29 is 9.53 Å². The molecule has 0 saturated heterocycles. The summed E-state index contributed by atoms with van der Waals surface area (Å²) in [6.07, 6.45) is 6.16. The molecule has 194 valence electrons. The number of aromatic nitrogens is 3. The predicted octanol–water partition coefficient (Wildman–Crippen LogP) is 7.67. The second-order valence-corrected chi connectivity index (χ2v) is 10.4. The van der Waals surface area contributed by atoms with Gasteiger partial charge in [0.1, 0.15) is 5.69 Å². The SMILES string of the molecule is CCCCn1c(C)c(C2(c3c(C)n(CCCC)c4ccccc34)OC(=O)c3cccnc32)c2ccccc21. The van der Waals surface area contributed by atoms with Crippen molar-refractivity contribution >= 4 is 27.8 Å². The van der Waals surface area contributed by atoms with E-state index in [4.69, 9.17) is 9.72 Å². The maximum Gasteiger partial charge on any atom is 0.341 e. The van der Waals surface area contributed by atoms with E-state index >= 15 is 0 Å². The number of pyridine rings is 1. The van der Waals surface area contributed by atoms with Crippen molar-refractivity contribution in [1.29, 1.82) is 0 Å². The summed E-state index contributed by atoms with van der Waals surface area (Å²) in [5, 5.41) is 2.22. The maximum absolute atomic E-state index is 13.6. The number of hydrogen-bond acceptors (Lipinski definition) is 3. The van der Waals surface area contributed by atoms with Crippen molar-refractivity contribution in [2.75, 3.05) is 0 Å². The van der Waals surface area contributed by atoms with Crippen LogP contribution in [0.15, 0.2) is 66.9 Å². The number of ether oxygens (including phenoxy) is 1. The van der Waals surface area contributed by atoms with Crippen molar-refractivity contribution in [3.8, 4) is 0 Å². The van der Waals surface area contributed by atoms with Gasteiger partial charge in [0.05, 0.1) is 5.56 Å². The van der Waals surface area contributed by atoms with Gasteiger partial charge < -0.3 is 13.9 Å². The number of aryl methyl sites for hydroxylation is 2. The van der Waals surface area contributed by atoms with Crippen LogP contribution >= 0.6 is 0 Å². The quantitative estimate of drug-likeness (QED) is 0.203. The zero-order valence-corrected chi connectivity index (χ0v) is 22.8. The summed E-state index contributed by atoms with van der Waals surface area (Å²) in [6.45, 7) is 10.6. The van der Waals surface area contributed by atoms with E-state index in [1.54, 1.807) is 6.20 Å². The van der Waals surface area contributed by atoms with Gasteiger partial charge in [0.15, 0.2) is 0 Å². The monoisotopic (exact) mass is 505 g/mol. The van der Waals surface area contributed by atoms with E-state index in [1.807, 2.05) is 12.1 Å². The number of para-hydroxylation sites is 2. The molecule has 1 aliphatic rings. The summed E-state index contributed by atoms with van der Waals surface area (Å²) in [7, 11) is 0. The molecule has 0 fully saturated rings. The van der Waals surface area contributed by atoms with Gasteiger partial charge >= 0.3 is 5.97 Å². The van der Waals surface area contributed by atoms with Gasteiger partial charge in [-0.15, -0.1) is 0 Å². The first-order chi connectivity index (χ1) is 18.5. The van der Waals surface area contributed by atoms with Gasteiger partial charge in [-0.05, 0) is 51.0 Å². The Morgan fingerprint density at radius 1 is 0.763 bits per heavy atom. The number of unbranched alkanes of at least 4 members (excludes halogenated alkanes) is 2. The van der Waals surface area contributed by atoms with Crippen LogP contribution in [0, 0.1) is 13.8 Å². The molecule has 0 radical (unpaired) electrons. The Morgan fingerprint density at radius 2 is 1.29 bits per heavy atom. The largest absolute Gasteiger partial charge is 0.439 e. The number of cyclic esters (lactones) is 1. The van der Waals surface area contributed by atoms with E-state index in [9.17, 15) is 4.79 Å². The lowest BCUT2D eigenvalue weighted by Crippen LogP contribution is -2.32. The van der Waals surface area contributed by atoms with E-state index in [0.717, 1.165) is 72.1 Å². The molecule has 0 amide bonds. The minimum Gasteiger partial charge on any atom is -0.439 e. The number of fused-ring (bicyclic) bond motifs is 3. The zero-order chi connectivity index (χ0) is 26.4. The lowest BCUT2D eigenvalue weighted by Gasteiger charge is -2.30. The molecule has 5 nitrogen and oxygen atoms in total. The third-order valence-electron chi connectivity index (χ3n) is 8.24. The van der Waals surface area contributed by atoms with Crippen molar-refractivity contribution in [3.05, 3.63) is 101 Å². The molecule has 0 atom stereocenters. The van der Waals surface area contributed by atoms with E-state index in [2.05, 4.69) is 85.4 Å². The van der Waals surface area contributed by atoms with Crippen molar-refractivity contribution in [3.63, 3.8) is 0 Å². The predicted molar refractivity (Wildman–Crippen MR) is 153 cm³/mol. The fraction of sp³-hybridized carbons (Fsp3) is 0.333. The highest BCUT2D eigenvalue weighted by Gasteiger charge is 2.54. The topological polar surface area (TPSA) is 49.0 Å². The van der Waals surface area contributed by atoms with Gasteiger partial charge in [-0.1, -0.05) is 63.1 Å². The fourth-order valence-electron chi connectivity index (χ4n) is 6.52. The molecule has 0 bridgehead atoms. The van der Waals surface area contributed by atoms with E-state index < -0.39 is 5.60 Å². The van der Waals surface area contributed by atoms with Gasteiger partial charge in [0, 0.05) is 63.6 Å². The molecule has 1 aliphatic heterocycles. The van der Waals surface area contributed by atoms with Crippen molar-refractivity contribution in [1.82, 2.24) is 14.1 Å². The van der Waals surface area contributed by atoms with Crippen LogP contribution < -0.4 is 0 Å². The van der Waals surface area contributed by atoms with Crippen LogP contribution in [0.3, 0.4) is 0 Å². The van der Waals surface area contributed by atoms with Crippen LogP contribution in [-0.4, -0.2) is 20.1 Å².